The summed E-state index contributed by atoms with van der Waals surface area (Å²) in [5.74, 6) is 1.32. The smallest absolute Gasteiger partial charge is 0.229 e. The van der Waals surface area contributed by atoms with Crippen LogP contribution in [0.1, 0.15) is 28.4 Å². The molecule has 5 heteroatoms. The second-order valence-electron chi connectivity index (χ2n) is 7.01. The van der Waals surface area contributed by atoms with Gasteiger partial charge in [-0.05, 0) is 55.8 Å². The Morgan fingerprint density at radius 2 is 1.62 bits per heavy atom. The quantitative estimate of drug-likeness (QED) is 0.431. The number of Topliss-reactive ketones (excluding diaryl/α,β-unsaturated/α-hetero) is 1. The van der Waals surface area contributed by atoms with E-state index >= 15 is 0 Å². The molecular weight excluding hydrogens is 360 g/mol. The molecule has 1 aromatic heterocycles. The highest BCUT2D eigenvalue weighted by molar-refractivity contribution is 5.94. The number of nitrogens with zero attached hydrogens (tertiary/aromatic N) is 2. The fourth-order valence-corrected chi connectivity index (χ4v) is 3.08. The lowest BCUT2D eigenvalue weighted by molar-refractivity contribution is 0.101. The van der Waals surface area contributed by atoms with Gasteiger partial charge in [-0.1, -0.05) is 42.0 Å². The molecular formula is C24H22N4O. The second-order valence-corrected chi connectivity index (χ2v) is 7.01. The largest absolute Gasteiger partial charge is 0.365 e. The predicted octanol–water partition coefficient (Wildman–Crippen LogP) is 5.50. The molecule has 0 fully saturated rings. The Kier molecular flexibility index (Phi) is 5.20. The molecule has 0 bridgehead atoms. The van der Waals surface area contributed by atoms with Crippen LogP contribution >= 0.6 is 0 Å². The first-order chi connectivity index (χ1) is 14.1. The Bertz CT molecular complexity index is 1150. The van der Waals surface area contributed by atoms with E-state index in [1.54, 1.807) is 19.1 Å². The van der Waals surface area contributed by atoms with Crippen molar-refractivity contribution < 1.29 is 4.79 Å². The van der Waals surface area contributed by atoms with Crippen molar-refractivity contribution in [2.75, 3.05) is 10.6 Å². The minimum absolute atomic E-state index is 0.0427. The average Bonchev–Trinajstić information content (AvgIpc) is 2.73. The molecule has 0 spiro atoms. The molecule has 0 unspecified atom stereocenters. The standard InChI is InChI=1S/C24H22N4O/c1-16-7-9-18(10-8-16)15-25-23-21-5-3-4-6-22(21)27-24(28-23)26-20-13-11-19(12-14-20)17(2)29/h3-14H,15H2,1-2H3,(H2,25,26,27,28). The molecule has 144 valence electrons. The van der Waals surface area contributed by atoms with Crippen LogP contribution in [0.2, 0.25) is 0 Å². The van der Waals surface area contributed by atoms with E-state index < -0.39 is 0 Å². The number of hydrogen-bond acceptors (Lipinski definition) is 5. The number of nitrogens with one attached hydrogen (secondary N) is 2. The van der Waals surface area contributed by atoms with Crippen molar-refractivity contribution in [2.45, 2.75) is 20.4 Å². The van der Waals surface area contributed by atoms with Gasteiger partial charge in [0.05, 0.1) is 5.52 Å². The van der Waals surface area contributed by atoms with Crippen LogP contribution in [0.15, 0.2) is 72.8 Å². The summed E-state index contributed by atoms with van der Waals surface area (Å²) >= 11 is 0. The highest BCUT2D eigenvalue weighted by atomic mass is 16.1. The highest BCUT2D eigenvalue weighted by Crippen LogP contribution is 2.24. The van der Waals surface area contributed by atoms with Crippen molar-refractivity contribution in [1.82, 2.24) is 9.97 Å². The highest BCUT2D eigenvalue weighted by Gasteiger charge is 2.08. The lowest BCUT2D eigenvalue weighted by Gasteiger charge is -2.12. The molecule has 0 aliphatic rings. The number of aryl methyl sites for hydroxylation is 1. The van der Waals surface area contributed by atoms with Gasteiger partial charge in [-0.25, -0.2) is 4.98 Å². The van der Waals surface area contributed by atoms with E-state index in [0.717, 1.165) is 22.4 Å². The maximum Gasteiger partial charge on any atom is 0.229 e. The molecule has 5 nitrogen and oxygen atoms in total. The number of carbonyl (C=O) groups excluding carboxylic acids is 1. The third-order valence-corrected chi connectivity index (χ3v) is 4.73. The molecule has 0 amide bonds. The van der Waals surface area contributed by atoms with Gasteiger partial charge in [0.2, 0.25) is 5.95 Å². The lowest BCUT2D eigenvalue weighted by atomic mass is 10.1. The first kappa shape index (κ1) is 18.6. The fraction of sp³-hybridized carbons (Fsp3) is 0.125. The van der Waals surface area contributed by atoms with E-state index in [-0.39, 0.29) is 5.78 Å². The van der Waals surface area contributed by atoms with E-state index in [1.807, 2.05) is 36.4 Å². The average molecular weight is 382 g/mol. The Morgan fingerprint density at radius 3 is 2.34 bits per heavy atom. The molecule has 0 saturated carbocycles. The minimum atomic E-state index is 0.0427. The van der Waals surface area contributed by atoms with E-state index in [9.17, 15) is 4.79 Å². The molecule has 0 saturated heterocycles. The van der Waals surface area contributed by atoms with Gasteiger partial charge in [0, 0.05) is 23.2 Å². The summed E-state index contributed by atoms with van der Waals surface area (Å²) in [7, 11) is 0. The van der Waals surface area contributed by atoms with Gasteiger partial charge in [0.25, 0.3) is 0 Å². The fourth-order valence-electron chi connectivity index (χ4n) is 3.08. The van der Waals surface area contributed by atoms with Crippen molar-refractivity contribution in [3.8, 4) is 0 Å². The molecule has 4 rings (SSSR count). The molecule has 2 N–H and O–H groups in total. The topological polar surface area (TPSA) is 66.9 Å². The van der Waals surface area contributed by atoms with Crippen LogP contribution in [-0.2, 0) is 6.54 Å². The summed E-state index contributed by atoms with van der Waals surface area (Å²) in [6.07, 6.45) is 0. The maximum atomic E-state index is 11.5. The maximum absolute atomic E-state index is 11.5. The van der Waals surface area contributed by atoms with Gasteiger partial charge in [0.1, 0.15) is 5.82 Å². The van der Waals surface area contributed by atoms with Crippen molar-refractivity contribution >= 4 is 34.1 Å². The number of carbonyl (C=O) groups is 1. The Hall–Kier alpha value is -3.73. The van der Waals surface area contributed by atoms with Gasteiger partial charge >= 0.3 is 0 Å². The number of aromatic nitrogens is 2. The number of ketones is 1. The monoisotopic (exact) mass is 382 g/mol. The van der Waals surface area contributed by atoms with Gasteiger partial charge in [0.15, 0.2) is 5.78 Å². The van der Waals surface area contributed by atoms with E-state index in [1.165, 1.54) is 11.1 Å². The summed E-state index contributed by atoms with van der Waals surface area (Å²) in [5, 5.41) is 7.64. The van der Waals surface area contributed by atoms with Crippen LogP contribution in [-0.4, -0.2) is 15.8 Å². The van der Waals surface area contributed by atoms with Crippen LogP contribution in [0.4, 0.5) is 17.5 Å². The summed E-state index contributed by atoms with van der Waals surface area (Å²) < 4.78 is 0. The lowest BCUT2D eigenvalue weighted by Crippen LogP contribution is -2.06. The van der Waals surface area contributed by atoms with Crippen molar-refractivity contribution in [2.24, 2.45) is 0 Å². The van der Waals surface area contributed by atoms with Crippen molar-refractivity contribution in [3.05, 3.63) is 89.5 Å². The van der Waals surface area contributed by atoms with Gasteiger partial charge in [-0.3, -0.25) is 4.79 Å². The first-order valence-electron chi connectivity index (χ1n) is 9.53. The molecule has 0 atom stereocenters. The zero-order valence-corrected chi connectivity index (χ0v) is 16.4. The zero-order valence-electron chi connectivity index (χ0n) is 16.4. The summed E-state index contributed by atoms with van der Waals surface area (Å²) in [5.41, 5.74) is 4.79. The van der Waals surface area contributed by atoms with Crippen LogP contribution in [0.3, 0.4) is 0 Å². The van der Waals surface area contributed by atoms with Crippen molar-refractivity contribution in [3.63, 3.8) is 0 Å². The van der Waals surface area contributed by atoms with E-state index in [0.29, 0.717) is 18.1 Å². The third kappa shape index (κ3) is 4.41. The summed E-state index contributed by atoms with van der Waals surface area (Å²) in [4.78, 5) is 20.8. The Morgan fingerprint density at radius 1 is 0.897 bits per heavy atom. The SMILES string of the molecule is CC(=O)c1ccc(Nc2nc(NCc3ccc(C)cc3)c3ccccc3n2)cc1. The molecule has 0 aliphatic heterocycles. The number of rotatable bonds is 6. The molecule has 1 heterocycles. The molecule has 0 radical (unpaired) electrons. The second kappa shape index (κ2) is 8.10. The van der Waals surface area contributed by atoms with Gasteiger partial charge in [-0.15, -0.1) is 0 Å². The Balaban J connectivity index is 1.61. The predicted molar refractivity (Wildman–Crippen MR) is 118 cm³/mol. The van der Waals surface area contributed by atoms with Crippen molar-refractivity contribution in [1.29, 1.82) is 0 Å². The number of fused-ring (bicyclic) bond motifs is 1. The first-order valence-corrected chi connectivity index (χ1v) is 9.53. The van der Waals surface area contributed by atoms with Crippen LogP contribution in [0.25, 0.3) is 10.9 Å². The number of para-hydroxylation sites is 1. The summed E-state index contributed by atoms with van der Waals surface area (Å²) in [6, 6.07) is 23.7. The zero-order chi connectivity index (χ0) is 20.2. The number of anilines is 3. The molecule has 3 aromatic carbocycles. The Labute approximate surface area is 169 Å². The minimum Gasteiger partial charge on any atom is -0.365 e. The summed E-state index contributed by atoms with van der Waals surface area (Å²) in [6.45, 7) is 4.31. The van der Waals surface area contributed by atoms with Crippen LogP contribution < -0.4 is 10.6 Å². The van der Waals surface area contributed by atoms with Gasteiger partial charge in [-0.2, -0.15) is 4.98 Å². The van der Waals surface area contributed by atoms with Crippen LogP contribution in [0.5, 0.6) is 0 Å². The normalized spacial score (nSPS) is 10.7. The third-order valence-electron chi connectivity index (χ3n) is 4.73. The van der Waals surface area contributed by atoms with Gasteiger partial charge < -0.3 is 10.6 Å². The van der Waals surface area contributed by atoms with E-state index in [4.69, 9.17) is 0 Å². The molecule has 0 aliphatic carbocycles. The van der Waals surface area contributed by atoms with E-state index in [2.05, 4.69) is 51.8 Å². The molecule has 29 heavy (non-hydrogen) atoms. The number of benzene rings is 3. The van der Waals surface area contributed by atoms with Crippen LogP contribution in [0, 0.1) is 6.92 Å². The number of hydrogen-bond donors (Lipinski definition) is 2. The molecule has 4 aromatic rings.